The molecular formula is C16H24N2O5. The van der Waals surface area contributed by atoms with Crippen LogP contribution >= 0.6 is 0 Å². The number of carbonyl (C=O) groups is 2. The lowest BCUT2D eigenvalue weighted by molar-refractivity contribution is -0.160. The fourth-order valence-corrected chi connectivity index (χ4v) is 2.44. The smallest absolute Gasteiger partial charge is 0.376 e. The van der Waals surface area contributed by atoms with Crippen molar-refractivity contribution < 1.29 is 23.5 Å². The van der Waals surface area contributed by atoms with E-state index in [9.17, 15) is 9.59 Å². The van der Waals surface area contributed by atoms with Crippen molar-refractivity contribution in [3.63, 3.8) is 0 Å². The van der Waals surface area contributed by atoms with Crippen molar-refractivity contribution in [3.05, 3.63) is 12.0 Å². The number of esters is 2. The highest BCUT2D eigenvalue weighted by molar-refractivity contribution is 5.86. The molecule has 1 saturated heterocycles. The van der Waals surface area contributed by atoms with Crippen molar-refractivity contribution in [2.45, 2.75) is 46.1 Å². The lowest BCUT2D eigenvalue weighted by Gasteiger charge is -2.32. The van der Waals surface area contributed by atoms with Crippen molar-refractivity contribution >= 4 is 18.0 Å². The van der Waals surface area contributed by atoms with Crippen LogP contribution in [0.2, 0.25) is 0 Å². The van der Waals surface area contributed by atoms with E-state index in [1.807, 2.05) is 25.7 Å². The Balaban J connectivity index is 2.01. The van der Waals surface area contributed by atoms with Gasteiger partial charge in [0, 0.05) is 13.1 Å². The number of aromatic nitrogens is 1. The predicted octanol–water partition coefficient (Wildman–Crippen LogP) is 2.41. The van der Waals surface area contributed by atoms with E-state index in [2.05, 4.69) is 4.98 Å². The molecule has 0 amide bonds. The monoisotopic (exact) mass is 324 g/mol. The van der Waals surface area contributed by atoms with E-state index in [1.165, 1.54) is 6.20 Å². The van der Waals surface area contributed by atoms with Gasteiger partial charge in [0.25, 0.3) is 6.01 Å². The van der Waals surface area contributed by atoms with E-state index in [1.54, 1.807) is 6.92 Å². The summed E-state index contributed by atoms with van der Waals surface area (Å²) in [4.78, 5) is 29.8. The second-order valence-corrected chi connectivity index (χ2v) is 6.55. The lowest BCUT2D eigenvalue weighted by Crippen LogP contribution is -2.41. The van der Waals surface area contributed by atoms with Crippen LogP contribution < -0.4 is 4.90 Å². The van der Waals surface area contributed by atoms with Gasteiger partial charge < -0.3 is 18.8 Å². The number of rotatable bonds is 4. The van der Waals surface area contributed by atoms with E-state index in [4.69, 9.17) is 13.9 Å². The zero-order valence-corrected chi connectivity index (χ0v) is 14.1. The van der Waals surface area contributed by atoms with Crippen LogP contribution in [-0.4, -0.2) is 42.2 Å². The Bertz CT molecular complexity index is 561. The molecule has 0 saturated carbocycles. The van der Waals surface area contributed by atoms with Gasteiger partial charge in [0.2, 0.25) is 5.76 Å². The second kappa shape index (κ2) is 7.02. The van der Waals surface area contributed by atoms with E-state index >= 15 is 0 Å². The van der Waals surface area contributed by atoms with Gasteiger partial charge in [-0.1, -0.05) is 0 Å². The summed E-state index contributed by atoms with van der Waals surface area (Å²) in [6.07, 6.45) is 2.96. The summed E-state index contributed by atoms with van der Waals surface area (Å²) in [5, 5.41) is 0. The van der Waals surface area contributed by atoms with Crippen LogP contribution in [0.1, 0.15) is 51.1 Å². The molecular weight excluding hydrogens is 300 g/mol. The van der Waals surface area contributed by atoms with Crippen molar-refractivity contribution in [2.75, 3.05) is 24.6 Å². The summed E-state index contributed by atoms with van der Waals surface area (Å²) >= 11 is 0. The highest BCUT2D eigenvalue weighted by Crippen LogP contribution is 2.25. The van der Waals surface area contributed by atoms with Gasteiger partial charge in [-0.15, -0.1) is 0 Å². The van der Waals surface area contributed by atoms with Crippen LogP contribution in [0.25, 0.3) is 0 Å². The Morgan fingerprint density at radius 1 is 1.43 bits per heavy atom. The molecule has 0 aliphatic carbocycles. The predicted molar refractivity (Wildman–Crippen MR) is 83.2 cm³/mol. The number of oxazole rings is 1. The zero-order valence-electron chi connectivity index (χ0n) is 14.1. The maximum absolute atomic E-state index is 12.2. The maximum atomic E-state index is 12.2. The summed E-state index contributed by atoms with van der Waals surface area (Å²) < 4.78 is 15.8. The number of hydrogen-bond donors (Lipinski definition) is 0. The number of anilines is 1. The molecule has 1 atom stereocenters. The zero-order chi connectivity index (χ0) is 17.0. The van der Waals surface area contributed by atoms with Crippen LogP contribution in [0, 0.1) is 5.92 Å². The maximum Gasteiger partial charge on any atom is 0.376 e. The third-order valence-corrected chi connectivity index (χ3v) is 3.40. The molecule has 2 heterocycles. The molecule has 0 bridgehead atoms. The van der Waals surface area contributed by atoms with Crippen LogP contribution in [-0.2, 0) is 14.3 Å². The van der Waals surface area contributed by atoms with Gasteiger partial charge in [0.15, 0.2) is 0 Å². The second-order valence-electron chi connectivity index (χ2n) is 6.55. The summed E-state index contributed by atoms with van der Waals surface area (Å²) in [5.41, 5.74) is -0.501. The SMILES string of the molecule is CCOC(=O)c1cnc(N2CCC[C@@H](C(=O)OC(C)(C)C)C2)o1. The van der Waals surface area contributed by atoms with Crippen molar-refractivity contribution in [3.8, 4) is 0 Å². The topological polar surface area (TPSA) is 81.9 Å². The molecule has 2 rings (SSSR count). The largest absolute Gasteiger partial charge is 0.460 e. The van der Waals surface area contributed by atoms with Gasteiger partial charge in [0.05, 0.1) is 18.7 Å². The van der Waals surface area contributed by atoms with Gasteiger partial charge >= 0.3 is 11.9 Å². The first-order valence-electron chi connectivity index (χ1n) is 7.91. The van der Waals surface area contributed by atoms with E-state index in [0.29, 0.717) is 12.6 Å². The fraction of sp³-hybridized carbons (Fsp3) is 0.688. The molecule has 0 aromatic carbocycles. The molecule has 1 aliphatic rings. The summed E-state index contributed by atoms with van der Waals surface area (Å²) in [6.45, 7) is 8.76. The first kappa shape index (κ1) is 17.3. The molecule has 1 aliphatic heterocycles. The van der Waals surface area contributed by atoms with Gasteiger partial charge in [-0.2, -0.15) is 0 Å². The Kier molecular flexibility index (Phi) is 5.28. The average Bonchev–Trinajstić information content (AvgIpc) is 2.96. The van der Waals surface area contributed by atoms with Crippen LogP contribution in [0.3, 0.4) is 0 Å². The fourth-order valence-electron chi connectivity index (χ4n) is 2.44. The third-order valence-electron chi connectivity index (χ3n) is 3.40. The number of piperidine rings is 1. The summed E-state index contributed by atoms with van der Waals surface area (Å²) in [5.74, 6) is -0.895. The van der Waals surface area contributed by atoms with Gasteiger partial charge in [-0.25, -0.2) is 9.78 Å². The lowest BCUT2D eigenvalue weighted by atomic mass is 9.98. The van der Waals surface area contributed by atoms with E-state index < -0.39 is 11.6 Å². The number of ether oxygens (including phenoxy) is 2. The molecule has 0 radical (unpaired) electrons. The van der Waals surface area contributed by atoms with Crippen molar-refractivity contribution in [2.24, 2.45) is 5.92 Å². The highest BCUT2D eigenvalue weighted by atomic mass is 16.6. The van der Waals surface area contributed by atoms with Crippen molar-refractivity contribution in [1.29, 1.82) is 0 Å². The molecule has 1 fully saturated rings. The first-order chi connectivity index (χ1) is 10.8. The molecule has 7 nitrogen and oxygen atoms in total. The summed E-state index contributed by atoms with van der Waals surface area (Å²) in [6, 6.07) is 0.335. The van der Waals surface area contributed by atoms with E-state index in [-0.39, 0.29) is 24.3 Å². The van der Waals surface area contributed by atoms with Crippen LogP contribution in [0.4, 0.5) is 6.01 Å². The molecule has 23 heavy (non-hydrogen) atoms. The average molecular weight is 324 g/mol. The Morgan fingerprint density at radius 2 is 2.17 bits per heavy atom. The molecule has 1 aromatic heterocycles. The molecule has 128 valence electrons. The summed E-state index contributed by atoms with van der Waals surface area (Å²) in [7, 11) is 0. The van der Waals surface area contributed by atoms with Crippen LogP contribution in [0.15, 0.2) is 10.6 Å². The molecule has 0 unspecified atom stereocenters. The van der Waals surface area contributed by atoms with Crippen molar-refractivity contribution in [1.82, 2.24) is 4.98 Å². The molecule has 0 spiro atoms. The minimum atomic E-state index is -0.535. The standard InChI is InChI=1S/C16H24N2O5/c1-5-21-14(20)12-9-17-15(22-12)18-8-6-7-11(10-18)13(19)23-16(2,3)4/h9,11H,5-8,10H2,1-4H3/t11-/m1/s1. The minimum Gasteiger partial charge on any atom is -0.460 e. The number of carbonyl (C=O) groups excluding carboxylic acids is 2. The van der Waals surface area contributed by atoms with Gasteiger partial charge in [-0.05, 0) is 40.5 Å². The Morgan fingerprint density at radius 3 is 2.83 bits per heavy atom. The van der Waals surface area contributed by atoms with E-state index in [0.717, 1.165) is 19.4 Å². The normalized spacial score (nSPS) is 18.6. The Hall–Kier alpha value is -2.05. The first-order valence-corrected chi connectivity index (χ1v) is 7.91. The third kappa shape index (κ3) is 4.71. The quantitative estimate of drug-likeness (QED) is 0.787. The number of hydrogen-bond acceptors (Lipinski definition) is 7. The molecule has 0 N–H and O–H groups in total. The van der Waals surface area contributed by atoms with Crippen LogP contribution in [0.5, 0.6) is 0 Å². The molecule has 7 heteroatoms. The number of nitrogens with zero attached hydrogens (tertiary/aromatic N) is 2. The van der Waals surface area contributed by atoms with Gasteiger partial charge in [-0.3, -0.25) is 4.79 Å². The highest BCUT2D eigenvalue weighted by Gasteiger charge is 2.31. The Labute approximate surface area is 135 Å². The minimum absolute atomic E-state index is 0.0706. The van der Waals surface area contributed by atoms with Gasteiger partial charge in [0.1, 0.15) is 5.60 Å². The molecule has 1 aromatic rings.